The summed E-state index contributed by atoms with van der Waals surface area (Å²) in [5.74, 6) is 1.26. The number of aliphatic hydroxyl groups is 1. The topological polar surface area (TPSA) is 90.9 Å². The van der Waals surface area contributed by atoms with Gasteiger partial charge < -0.3 is 15.4 Å². The lowest BCUT2D eigenvalue weighted by Gasteiger charge is -2.08. The quantitative estimate of drug-likeness (QED) is 0.750. The van der Waals surface area contributed by atoms with Gasteiger partial charge in [0.2, 0.25) is 0 Å². The minimum absolute atomic E-state index is 0.156. The summed E-state index contributed by atoms with van der Waals surface area (Å²) in [4.78, 5) is 22.9. The Kier molecular flexibility index (Phi) is 5.05. The number of hydrogen-bond acceptors (Lipinski definition) is 5. The molecule has 2 aromatic heterocycles. The predicted molar refractivity (Wildman–Crippen MR) is 82.3 cm³/mol. The molecule has 0 spiro atoms. The number of aryl methyl sites for hydroxylation is 1. The van der Waals surface area contributed by atoms with Crippen LogP contribution in [0.3, 0.4) is 0 Å². The van der Waals surface area contributed by atoms with Gasteiger partial charge in [-0.3, -0.25) is 4.79 Å². The van der Waals surface area contributed by atoms with Crippen LogP contribution in [0.1, 0.15) is 26.0 Å². The number of anilines is 1. The zero-order valence-corrected chi connectivity index (χ0v) is 12.3. The number of aliphatic hydroxyl groups excluding tert-OH is 1. The molecular formula is C15H20N4O2. The van der Waals surface area contributed by atoms with E-state index in [-0.39, 0.29) is 11.7 Å². The third-order valence-electron chi connectivity index (χ3n) is 3.06. The number of rotatable bonds is 6. The largest absolute Gasteiger partial charge is 0.393 e. The monoisotopic (exact) mass is 288 g/mol. The zero-order valence-electron chi connectivity index (χ0n) is 12.3. The molecule has 6 nitrogen and oxygen atoms in total. The molecule has 0 aromatic carbocycles. The molecule has 0 saturated heterocycles. The Hall–Kier alpha value is -2.21. The van der Waals surface area contributed by atoms with Gasteiger partial charge >= 0.3 is 0 Å². The third-order valence-corrected chi connectivity index (χ3v) is 3.06. The average molecular weight is 288 g/mol. The molecule has 0 aliphatic heterocycles. The summed E-state index contributed by atoms with van der Waals surface area (Å²) in [6.07, 6.45) is 2.71. The summed E-state index contributed by atoms with van der Waals surface area (Å²) < 4.78 is 0. The lowest BCUT2D eigenvalue weighted by atomic mass is 10.2. The van der Waals surface area contributed by atoms with Gasteiger partial charge in [0, 0.05) is 30.1 Å². The van der Waals surface area contributed by atoms with Crippen LogP contribution in [0.2, 0.25) is 0 Å². The van der Waals surface area contributed by atoms with Crippen molar-refractivity contribution in [3.05, 3.63) is 40.4 Å². The van der Waals surface area contributed by atoms with Crippen LogP contribution in [0.15, 0.2) is 29.2 Å². The molecule has 21 heavy (non-hydrogen) atoms. The first-order valence-electron chi connectivity index (χ1n) is 7.07. The number of aromatic nitrogens is 3. The summed E-state index contributed by atoms with van der Waals surface area (Å²) in [5, 5.41) is 12.3. The summed E-state index contributed by atoms with van der Waals surface area (Å²) in [7, 11) is 0. The molecule has 2 aromatic rings. The maximum Gasteiger partial charge on any atom is 0.251 e. The highest BCUT2D eigenvalue weighted by Gasteiger charge is 2.04. The molecule has 1 atom stereocenters. The standard InChI is InChI=1S/C15H20N4O2/c1-3-12-8-14(21)19-15(18-12)11-4-5-13(17-9-11)16-7-6-10(2)20/h4-5,8-10,20H,3,6-7H2,1-2H3,(H,16,17)(H,18,19,21). The van der Waals surface area contributed by atoms with Crippen molar-refractivity contribution in [1.82, 2.24) is 15.0 Å². The number of hydrogen-bond donors (Lipinski definition) is 3. The van der Waals surface area contributed by atoms with Crippen LogP contribution in [0.5, 0.6) is 0 Å². The van der Waals surface area contributed by atoms with Crippen LogP contribution in [0.4, 0.5) is 5.82 Å². The van der Waals surface area contributed by atoms with Crippen LogP contribution in [0.25, 0.3) is 11.4 Å². The van der Waals surface area contributed by atoms with Crippen LogP contribution in [0, 0.1) is 0 Å². The van der Waals surface area contributed by atoms with E-state index in [4.69, 9.17) is 0 Å². The van der Waals surface area contributed by atoms with Gasteiger partial charge in [0.05, 0.1) is 6.10 Å². The molecule has 0 saturated carbocycles. The van der Waals surface area contributed by atoms with E-state index in [1.807, 2.05) is 19.1 Å². The Bertz CT molecular complexity index is 635. The molecule has 0 radical (unpaired) electrons. The minimum atomic E-state index is -0.331. The van der Waals surface area contributed by atoms with Crippen molar-refractivity contribution < 1.29 is 5.11 Å². The molecule has 1 unspecified atom stereocenters. The van der Waals surface area contributed by atoms with Gasteiger partial charge in [-0.2, -0.15) is 0 Å². The maximum atomic E-state index is 11.6. The van der Waals surface area contributed by atoms with Gasteiger partial charge in [-0.05, 0) is 31.9 Å². The normalized spacial score (nSPS) is 12.1. The van der Waals surface area contributed by atoms with Gasteiger partial charge in [0.25, 0.3) is 5.56 Å². The minimum Gasteiger partial charge on any atom is -0.393 e. The van der Waals surface area contributed by atoms with Crippen LogP contribution in [-0.2, 0) is 6.42 Å². The van der Waals surface area contributed by atoms with Crippen molar-refractivity contribution in [3.8, 4) is 11.4 Å². The van der Waals surface area contributed by atoms with Crippen molar-refractivity contribution in [2.24, 2.45) is 0 Å². The molecule has 112 valence electrons. The first-order chi connectivity index (χ1) is 10.1. The van der Waals surface area contributed by atoms with Gasteiger partial charge in [-0.15, -0.1) is 0 Å². The lowest BCUT2D eigenvalue weighted by Crippen LogP contribution is -2.11. The fourth-order valence-electron chi connectivity index (χ4n) is 1.87. The van der Waals surface area contributed by atoms with Gasteiger partial charge in [-0.1, -0.05) is 6.92 Å². The maximum absolute atomic E-state index is 11.6. The van der Waals surface area contributed by atoms with Crippen LogP contribution in [-0.4, -0.2) is 32.7 Å². The highest BCUT2D eigenvalue weighted by Crippen LogP contribution is 2.14. The first kappa shape index (κ1) is 15.2. The van der Waals surface area contributed by atoms with Crippen molar-refractivity contribution in [3.63, 3.8) is 0 Å². The first-order valence-corrected chi connectivity index (χ1v) is 7.07. The Morgan fingerprint density at radius 1 is 1.43 bits per heavy atom. The lowest BCUT2D eigenvalue weighted by molar-refractivity contribution is 0.188. The number of aromatic amines is 1. The summed E-state index contributed by atoms with van der Waals surface area (Å²) in [5.41, 5.74) is 1.37. The van der Waals surface area contributed by atoms with E-state index in [1.54, 1.807) is 13.1 Å². The number of nitrogens with zero attached hydrogens (tertiary/aromatic N) is 2. The molecule has 2 rings (SSSR count). The Labute approximate surface area is 123 Å². The highest BCUT2D eigenvalue weighted by atomic mass is 16.3. The molecule has 2 heterocycles. The van der Waals surface area contributed by atoms with E-state index in [0.29, 0.717) is 25.2 Å². The second kappa shape index (κ2) is 6.99. The molecule has 0 aliphatic rings. The summed E-state index contributed by atoms with van der Waals surface area (Å²) >= 11 is 0. The fourth-order valence-corrected chi connectivity index (χ4v) is 1.87. The number of pyridine rings is 1. The van der Waals surface area contributed by atoms with Crippen LogP contribution < -0.4 is 10.9 Å². The zero-order chi connectivity index (χ0) is 15.2. The molecule has 3 N–H and O–H groups in total. The van der Waals surface area contributed by atoms with E-state index in [0.717, 1.165) is 17.1 Å². The molecule has 6 heteroatoms. The second-order valence-corrected chi connectivity index (χ2v) is 4.94. The smallest absolute Gasteiger partial charge is 0.251 e. The fraction of sp³-hybridized carbons (Fsp3) is 0.400. The number of nitrogens with one attached hydrogen (secondary N) is 2. The highest BCUT2D eigenvalue weighted by molar-refractivity contribution is 5.55. The molecule has 0 aliphatic carbocycles. The number of H-pyrrole nitrogens is 1. The predicted octanol–water partition coefficient (Wildman–Crippen LogP) is 1.58. The van der Waals surface area contributed by atoms with E-state index < -0.39 is 0 Å². The molecular weight excluding hydrogens is 268 g/mol. The third kappa shape index (κ3) is 4.39. The van der Waals surface area contributed by atoms with E-state index in [9.17, 15) is 9.90 Å². The molecule has 0 fully saturated rings. The van der Waals surface area contributed by atoms with Crippen LogP contribution >= 0.6 is 0 Å². The molecule has 0 bridgehead atoms. The summed E-state index contributed by atoms with van der Waals surface area (Å²) in [6, 6.07) is 5.19. The van der Waals surface area contributed by atoms with E-state index in [2.05, 4.69) is 20.3 Å². The second-order valence-electron chi connectivity index (χ2n) is 4.94. The van der Waals surface area contributed by atoms with Crippen molar-refractivity contribution >= 4 is 5.82 Å². The van der Waals surface area contributed by atoms with E-state index in [1.165, 1.54) is 6.07 Å². The average Bonchev–Trinajstić information content (AvgIpc) is 2.47. The van der Waals surface area contributed by atoms with Gasteiger partial charge in [0.1, 0.15) is 11.6 Å². The van der Waals surface area contributed by atoms with Crippen molar-refractivity contribution in [2.75, 3.05) is 11.9 Å². The van der Waals surface area contributed by atoms with E-state index >= 15 is 0 Å². The Morgan fingerprint density at radius 3 is 2.86 bits per heavy atom. The SMILES string of the molecule is CCc1cc(=O)[nH]c(-c2ccc(NCCC(C)O)nc2)n1. The van der Waals surface area contributed by atoms with Crippen molar-refractivity contribution in [1.29, 1.82) is 0 Å². The Morgan fingerprint density at radius 2 is 2.24 bits per heavy atom. The molecule has 0 amide bonds. The summed E-state index contributed by atoms with van der Waals surface area (Å²) in [6.45, 7) is 4.37. The Balaban J connectivity index is 2.11. The van der Waals surface area contributed by atoms with Gasteiger partial charge in [-0.25, -0.2) is 9.97 Å². The van der Waals surface area contributed by atoms with Crippen molar-refractivity contribution in [2.45, 2.75) is 32.8 Å². The van der Waals surface area contributed by atoms with Gasteiger partial charge in [0.15, 0.2) is 0 Å².